The van der Waals surface area contributed by atoms with Gasteiger partial charge in [0.05, 0.1) is 26.2 Å². The summed E-state index contributed by atoms with van der Waals surface area (Å²) in [4.78, 5) is 17.9. The number of halogens is 2. The van der Waals surface area contributed by atoms with Crippen molar-refractivity contribution in [3.05, 3.63) is 35.6 Å². The van der Waals surface area contributed by atoms with Crippen LogP contribution in [0.1, 0.15) is 5.56 Å². The van der Waals surface area contributed by atoms with E-state index in [1.54, 1.807) is 12.1 Å². The molecule has 6 nitrogen and oxygen atoms in total. The Morgan fingerprint density at radius 2 is 2.13 bits per heavy atom. The molecule has 0 aliphatic carbocycles. The van der Waals surface area contributed by atoms with E-state index >= 15 is 0 Å². The highest BCUT2D eigenvalue weighted by atomic mass is 127. The summed E-state index contributed by atoms with van der Waals surface area (Å²) in [5.41, 5.74) is 6.52. The molecule has 2 rings (SSSR count). The summed E-state index contributed by atoms with van der Waals surface area (Å²) in [5.74, 6) is -0.0263. The second-order valence-electron chi connectivity index (χ2n) is 5.00. The zero-order valence-electron chi connectivity index (χ0n) is 12.8. The van der Waals surface area contributed by atoms with Crippen LogP contribution in [0.3, 0.4) is 0 Å². The van der Waals surface area contributed by atoms with Gasteiger partial charge in [-0.3, -0.25) is 9.79 Å². The fourth-order valence-electron chi connectivity index (χ4n) is 2.15. The molecule has 0 atom stereocenters. The van der Waals surface area contributed by atoms with Crippen LogP contribution in [-0.4, -0.2) is 56.2 Å². The van der Waals surface area contributed by atoms with Crippen LogP contribution >= 0.6 is 24.0 Å². The Kier molecular flexibility index (Phi) is 8.85. The number of aliphatic imine (C=N–C) groups is 1. The number of hydrogen-bond acceptors (Lipinski definition) is 3. The molecular weight excluding hydrogens is 414 g/mol. The molecule has 1 fully saturated rings. The molecule has 1 aliphatic rings. The van der Waals surface area contributed by atoms with Crippen LogP contribution < -0.4 is 11.1 Å². The van der Waals surface area contributed by atoms with E-state index in [0.717, 1.165) is 13.1 Å². The van der Waals surface area contributed by atoms with Crippen LogP contribution in [-0.2, 0) is 16.0 Å². The van der Waals surface area contributed by atoms with E-state index in [4.69, 9.17) is 10.5 Å². The van der Waals surface area contributed by atoms with Crippen LogP contribution in [0.5, 0.6) is 0 Å². The van der Waals surface area contributed by atoms with Crippen molar-refractivity contribution in [1.29, 1.82) is 0 Å². The summed E-state index contributed by atoms with van der Waals surface area (Å²) in [7, 11) is 0. The Morgan fingerprint density at radius 3 is 2.83 bits per heavy atom. The first-order chi connectivity index (χ1) is 10.6. The Bertz CT molecular complexity index is 536. The van der Waals surface area contributed by atoms with Gasteiger partial charge in [-0.05, 0) is 17.7 Å². The quantitative estimate of drug-likeness (QED) is 0.309. The van der Waals surface area contributed by atoms with Crippen molar-refractivity contribution in [3.63, 3.8) is 0 Å². The second kappa shape index (κ2) is 10.4. The number of carbonyl (C=O) groups is 1. The summed E-state index contributed by atoms with van der Waals surface area (Å²) in [5, 5.41) is 2.74. The molecule has 1 aliphatic heterocycles. The van der Waals surface area contributed by atoms with E-state index in [1.807, 2.05) is 4.90 Å². The number of morpholine rings is 1. The largest absolute Gasteiger partial charge is 0.378 e. The number of nitrogens with one attached hydrogen (secondary N) is 1. The number of carbonyl (C=O) groups excluding carboxylic acids is 1. The second-order valence-corrected chi connectivity index (χ2v) is 5.00. The average molecular weight is 436 g/mol. The summed E-state index contributed by atoms with van der Waals surface area (Å²) < 4.78 is 18.2. The molecule has 1 heterocycles. The topological polar surface area (TPSA) is 79.9 Å². The summed E-state index contributed by atoms with van der Waals surface area (Å²) in [6.07, 6.45) is 0.153. The first-order valence-corrected chi connectivity index (χ1v) is 7.29. The smallest absolute Gasteiger partial charge is 0.224 e. The lowest BCUT2D eigenvalue weighted by Crippen LogP contribution is -2.45. The molecular formula is C15H22FIN4O2. The van der Waals surface area contributed by atoms with Crippen molar-refractivity contribution in [2.75, 3.05) is 39.4 Å². The van der Waals surface area contributed by atoms with E-state index in [9.17, 15) is 9.18 Å². The predicted octanol–water partition coefficient (Wildman–Crippen LogP) is 0.749. The van der Waals surface area contributed by atoms with Crippen molar-refractivity contribution < 1.29 is 13.9 Å². The Morgan fingerprint density at radius 1 is 1.39 bits per heavy atom. The lowest BCUT2D eigenvalue weighted by molar-refractivity contribution is -0.120. The maximum atomic E-state index is 13.0. The van der Waals surface area contributed by atoms with Crippen molar-refractivity contribution in [3.8, 4) is 0 Å². The zero-order valence-corrected chi connectivity index (χ0v) is 15.2. The fourth-order valence-corrected chi connectivity index (χ4v) is 2.15. The highest BCUT2D eigenvalue weighted by Crippen LogP contribution is 2.03. The minimum absolute atomic E-state index is 0. The molecule has 0 bridgehead atoms. The van der Waals surface area contributed by atoms with Crippen LogP contribution in [0.4, 0.5) is 4.39 Å². The van der Waals surface area contributed by atoms with E-state index < -0.39 is 0 Å². The molecule has 1 saturated heterocycles. The number of ether oxygens (including phenoxy) is 1. The van der Waals surface area contributed by atoms with Crippen molar-refractivity contribution >= 4 is 35.8 Å². The number of nitrogens with zero attached hydrogens (tertiary/aromatic N) is 2. The maximum absolute atomic E-state index is 13.0. The Hall–Kier alpha value is -1.42. The fraction of sp³-hybridized carbons (Fsp3) is 0.467. The van der Waals surface area contributed by atoms with Crippen LogP contribution in [0, 0.1) is 5.82 Å². The number of nitrogens with two attached hydrogens (primary N) is 1. The molecule has 0 radical (unpaired) electrons. The minimum Gasteiger partial charge on any atom is -0.378 e. The van der Waals surface area contributed by atoms with E-state index in [1.165, 1.54) is 12.1 Å². The first kappa shape index (κ1) is 19.6. The molecule has 1 amide bonds. The maximum Gasteiger partial charge on any atom is 0.224 e. The van der Waals surface area contributed by atoms with Gasteiger partial charge in [-0.15, -0.1) is 24.0 Å². The highest BCUT2D eigenvalue weighted by Gasteiger charge is 2.11. The molecule has 23 heavy (non-hydrogen) atoms. The number of guanidine groups is 1. The number of amides is 1. The third kappa shape index (κ3) is 7.12. The Balaban J connectivity index is 0.00000264. The van der Waals surface area contributed by atoms with E-state index in [2.05, 4.69) is 10.3 Å². The standard InChI is InChI=1S/C15H21FN4O2.HI/c16-13-3-1-2-12(10-13)11-14(21)18-4-5-19-15(17)20-6-8-22-9-7-20;/h1-3,10H,4-9,11H2,(H2,17,19)(H,18,21);1H. The molecule has 3 N–H and O–H groups in total. The normalized spacial score (nSPS) is 15.0. The van der Waals surface area contributed by atoms with Gasteiger partial charge in [0.2, 0.25) is 5.91 Å². The van der Waals surface area contributed by atoms with E-state index in [0.29, 0.717) is 37.8 Å². The van der Waals surface area contributed by atoms with Gasteiger partial charge in [0.25, 0.3) is 0 Å². The lowest BCUT2D eigenvalue weighted by atomic mass is 10.1. The molecule has 1 aromatic rings. The van der Waals surface area contributed by atoms with Crippen LogP contribution in [0.2, 0.25) is 0 Å². The number of hydrogen-bond donors (Lipinski definition) is 2. The lowest BCUT2D eigenvalue weighted by Gasteiger charge is -2.27. The van der Waals surface area contributed by atoms with Gasteiger partial charge >= 0.3 is 0 Å². The van der Waals surface area contributed by atoms with Gasteiger partial charge in [0, 0.05) is 19.6 Å². The summed E-state index contributed by atoms with van der Waals surface area (Å²) in [6.45, 7) is 3.60. The van der Waals surface area contributed by atoms with Crippen molar-refractivity contribution in [2.45, 2.75) is 6.42 Å². The van der Waals surface area contributed by atoms with Gasteiger partial charge in [-0.25, -0.2) is 4.39 Å². The van der Waals surface area contributed by atoms with Gasteiger partial charge < -0.3 is 20.7 Å². The van der Waals surface area contributed by atoms with Gasteiger partial charge in [0.15, 0.2) is 5.96 Å². The molecule has 0 unspecified atom stereocenters. The number of benzene rings is 1. The summed E-state index contributed by atoms with van der Waals surface area (Å²) in [6, 6.07) is 6.02. The average Bonchev–Trinajstić information content (AvgIpc) is 2.52. The first-order valence-electron chi connectivity index (χ1n) is 7.29. The molecule has 1 aromatic carbocycles. The molecule has 0 spiro atoms. The monoisotopic (exact) mass is 436 g/mol. The SMILES string of the molecule is I.NC(=NCCNC(=O)Cc1cccc(F)c1)N1CCOCC1. The van der Waals surface area contributed by atoms with Crippen LogP contribution in [0.25, 0.3) is 0 Å². The minimum atomic E-state index is -0.340. The van der Waals surface area contributed by atoms with Crippen molar-refractivity contribution in [2.24, 2.45) is 10.7 Å². The predicted molar refractivity (Wildman–Crippen MR) is 97.4 cm³/mol. The molecule has 128 valence electrons. The summed E-state index contributed by atoms with van der Waals surface area (Å²) >= 11 is 0. The molecule has 8 heteroatoms. The third-order valence-corrected chi connectivity index (χ3v) is 3.30. The molecule has 0 saturated carbocycles. The van der Waals surface area contributed by atoms with Crippen molar-refractivity contribution in [1.82, 2.24) is 10.2 Å². The number of rotatable bonds is 5. The van der Waals surface area contributed by atoms with E-state index in [-0.39, 0.29) is 42.1 Å². The molecule has 0 aromatic heterocycles. The van der Waals surface area contributed by atoms with Crippen LogP contribution in [0.15, 0.2) is 29.3 Å². The third-order valence-electron chi connectivity index (χ3n) is 3.30. The highest BCUT2D eigenvalue weighted by molar-refractivity contribution is 14.0. The van der Waals surface area contributed by atoms with Gasteiger partial charge in [-0.1, -0.05) is 12.1 Å². The zero-order chi connectivity index (χ0) is 15.8. The van der Waals surface area contributed by atoms with Gasteiger partial charge in [0.1, 0.15) is 5.82 Å². The van der Waals surface area contributed by atoms with Gasteiger partial charge in [-0.2, -0.15) is 0 Å². The Labute approximate surface area is 152 Å².